The Morgan fingerprint density at radius 2 is 1.84 bits per heavy atom. The first-order valence-electron chi connectivity index (χ1n) is 12.6. The zero-order valence-electron chi connectivity index (χ0n) is 21.3. The van der Waals surface area contributed by atoms with Crippen LogP contribution < -0.4 is 15.5 Å². The van der Waals surface area contributed by atoms with E-state index in [0.717, 1.165) is 32.6 Å². The zero-order chi connectivity index (χ0) is 26.7. The lowest BCUT2D eigenvalue weighted by Gasteiger charge is -2.38. The number of aromatic nitrogens is 4. The number of hydrogen-bond acceptors (Lipinski definition) is 8. The summed E-state index contributed by atoms with van der Waals surface area (Å²) >= 11 is 1.40. The van der Waals surface area contributed by atoms with Crippen molar-refractivity contribution < 1.29 is 14.7 Å². The van der Waals surface area contributed by atoms with Crippen molar-refractivity contribution in [1.29, 1.82) is 0 Å². The van der Waals surface area contributed by atoms with Gasteiger partial charge in [0, 0.05) is 49.4 Å². The van der Waals surface area contributed by atoms with Crippen molar-refractivity contribution >= 4 is 44.6 Å². The number of aliphatic carboxylic acids is 1. The monoisotopic (exact) mass is 531 g/mol. The Balaban J connectivity index is 1.45. The quantitative estimate of drug-likeness (QED) is 0.302. The highest BCUT2D eigenvalue weighted by atomic mass is 32.1. The Hall–Kier alpha value is -4.12. The van der Waals surface area contributed by atoms with E-state index in [-0.39, 0.29) is 6.03 Å². The maximum absolute atomic E-state index is 12.1. The van der Waals surface area contributed by atoms with Crippen LogP contribution in [0.2, 0.25) is 0 Å². The van der Waals surface area contributed by atoms with Crippen LogP contribution in [0.3, 0.4) is 0 Å². The Morgan fingerprint density at radius 3 is 2.47 bits per heavy atom. The minimum atomic E-state index is -0.721. The molecule has 38 heavy (non-hydrogen) atoms. The summed E-state index contributed by atoms with van der Waals surface area (Å²) in [6.45, 7) is 5.53. The minimum Gasteiger partial charge on any atom is -0.481 e. The molecule has 5 rings (SSSR count). The van der Waals surface area contributed by atoms with Crippen LogP contribution in [0, 0.1) is 5.41 Å². The third kappa shape index (κ3) is 5.01. The molecule has 1 fully saturated rings. The number of anilines is 2. The molecule has 10 nitrogen and oxygen atoms in total. The van der Waals surface area contributed by atoms with E-state index in [4.69, 9.17) is 0 Å². The van der Waals surface area contributed by atoms with Crippen molar-refractivity contribution in [2.24, 2.45) is 5.41 Å². The summed E-state index contributed by atoms with van der Waals surface area (Å²) in [5.74, 6) is -0.127. The molecular formula is C27H29N7O3S. The number of nitrogens with zero attached hydrogens (tertiary/aromatic N) is 5. The SMILES string of the molecule is CCNC(=O)Nc1nc2cc(-c3cnc(N4CCC(CC)(C(=O)O)CC4)nc3)cc(-c3ccccn3)c2s1. The van der Waals surface area contributed by atoms with Crippen molar-refractivity contribution in [1.82, 2.24) is 25.3 Å². The van der Waals surface area contributed by atoms with Gasteiger partial charge in [0.15, 0.2) is 5.13 Å². The first-order valence-corrected chi connectivity index (χ1v) is 13.5. The van der Waals surface area contributed by atoms with E-state index in [1.54, 1.807) is 18.6 Å². The van der Waals surface area contributed by atoms with Gasteiger partial charge in [-0.2, -0.15) is 0 Å². The van der Waals surface area contributed by atoms with Gasteiger partial charge in [0.2, 0.25) is 5.95 Å². The van der Waals surface area contributed by atoms with Crippen LogP contribution in [-0.2, 0) is 4.79 Å². The van der Waals surface area contributed by atoms with Crippen LogP contribution in [-0.4, -0.2) is 56.7 Å². The average Bonchev–Trinajstić information content (AvgIpc) is 3.35. The first kappa shape index (κ1) is 25.5. The predicted octanol–water partition coefficient (Wildman–Crippen LogP) is 5.04. The summed E-state index contributed by atoms with van der Waals surface area (Å²) in [4.78, 5) is 44.3. The van der Waals surface area contributed by atoms with Crippen molar-refractivity contribution in [3.8, 4) is 22.4 Å². The second-order valence-electron chi connectivity index (χ2n) is 9.29. The number of benzene rings is 1. The number of carbonyl (C=O) groups excluding carboxylic acids is 1. The number of carboxylic acids is 1. The largest absolute Gasteiger partial charge is 0.481 e. The van der Waals surface area contributed by atoms with E-state index in [1.807, 2.05) is 49.1 Å². The molecule has 4 heterocycles. The molecule has 0 bridgehead atoms. The topological polar surface area (TPSA) is 133 Å². The number of nitrogens with one attached hydrogen (secondary N) is 2. The van der Waals surface area contributed by atoms with Gasteiger partial charge in [0.25, 0.3) is 0 Å². The van der Waals surface area contributed by atoms with E-state index in [0.29, 0.717) is 50.0 Å². The van der Waals surface area contributed by atoms with E-state index in [1.165, 1.54) is 11.3 Å². The molecule has 0 aliphatic carbocycles. The normalized spacial score (nSPS) is 14.8. The number of thiazole rings is 1. The lowest BCUT2D eigenvalue weighted by molar-refractivity contribution is -0.150. The maximum atomic E-state index is 12.1. The van der Waals surface area contributed by atoms with Crippen LogP contribution in [0.5, 0.6) is 0 Å². The van der Waals surface area contributed by atoms with E-state index in [9.17, 15) is 14.7 Å². The van der Waals surface area contributed by atoms with Crippen LogP contribution in [0.15, 0.2) is 48.9 Å². The van der Waals surface area contributed by atoms with Crippen LogP contribution in [0.25, 0.3) is 32.6 Å². The molecular weight excluding hydrogens is 502 g/mol. The summed E-state index contributed by atoms with van der Waals surface area (Å²) in [7, 11) is 0. The fourth-order valence-corrected chi connectivity index (χ4v) is 5.72. The van der Waals surface area contributed by atoms with Crippen LogP contribution in [0.1, 0.15) is 33.1 Å². The Morgan fingerprint density at radius 1 is 1.08 bits per heavy atom. The minimum absolute atomic E-state index is 0.299. The van der Waals surface area contributed by atoms with Crippen molar-refractivity contribution in [3.63, 3.8) is 0 Å². The number of piperidine rings is 1. The second kappa shape index (κ2) is 10.7. The molecule has 1 aromatic carbocycles. The summed E-state index contributed by atoms with van der Waals surface area (Å²) in [5.41, 5.74) is 3.50. The fourth-order valence-electron chi connectivity index (χ4n) is 4.75. The summed E-state index contributed by atoms with van der Waals surface area (Å²) < 4.78 is 0.919. The fraction of sp³-hybridized carbons (Fsp3) is 0.333. The van der Waals surface area contributed by atoms with Gasteiger partial charge in [-0.05, 0) is 56.0 Å². The van der Waals surface area contributed by atoms with Crippen molar-refractivity contribution in [3.05, 3.63) is 48.9 Å². The molecule has 3 aromatic heterocycles. The van der Waals surface area contributed by atoms with Crippen molar-refractivity contribution in [2.75, 3.05) is 29.9 Å². The molecule has 1 aliphatic heterocycles. The van der Waals surface area contributed by atoms with Gasteiger partial charge in [-0.25, -0.2) is 19.7 Å². The number of fused-ring (bicyclic) bond motifs is 1. The molecule has 1 aliphatic rings. The molecule has 196 valence electrons. The number of carboxylic acid groups (broad SMARTS) is 1. The third-order valence-corrected chi connectivity index (χ3v) is 8.11. The molecule has 0 spiro atoms. The predicted molar refractivity (Wildman–Crippen MR) is 148 cm³/mol. The third-order valence-electron chi connectivity index (χ3n) is 7.09. The number of rotatable bonds is 7. The molecule has 4 aromatic rings. The lowest BCUT2D eigenvalue weighted by atomic mass is 9.76. The Bertz CT molecular complexity index is 1450. The standard InChI is InChI=1S/C27H29N7O3S/c1-3-27(23(35)36)8-11-34(12-9-27)24-30-15-18(16-31-24)17-13-19(20-7-5-6-10-29-20)22-21(14-17)32-26(38-22)33-25(37)28-4-2/h5-7,10,13-16H,3-4,8-9,11-12H2,1-2H3,(H,35,36)(H2,28,32,33,37). The highest BCUT2D eigenvalue weighted by molar-refractivity contribution is 7.22. The van der Waals surface area contributed by atoms with Gasteiger partial charge in [0.1, 0.15) is 0 Å². The number of amides is 2. The molecule has 0 saturated carbocycles. The van der Waals surface area contributed by atoms with Gasteiger partial charge in [-0.15, -0.1) is 0 Å². The number of urea groups is 1. The molecule has 0 unspecified atom stereocenters. The van der Waals surface area contributed by atoms with Gasteiger partial charge >= 0.3 is 12.0 Å². The van der Waals surface area contributed by atoms with Gasteiger partial charge in [-0.3, -0.25) is 15.1 Å². The Kier molecular flexibility index (Phi) is 7.19. The van der Waals surface area contributed by atoms with Crippen LogP contribution >= 0.6 is 11.3 Å². The maximum Gasteiger partial charge on any atom is 0.321 e. The zero-order valence-corrected chi connectivity index (χ0v) is 22.1. The summed E-state index contributed by atoms with van der Waals surface area (Å²) in [6, 6.07) is 9.45. The molecule has 0 radical (unpaired) electrons. The van der Waals surface area contributed by atoms with E-state index >= 15 is 0 Å². The van der Waals surface area contributed by atoms with Gasteiger partial charge in [-0.1, -0.05) is 24.3 Å². The summed E-state index contributed by atoms with van der Waals surface area (Å²) in [5, 5.41) is 15.7. The van der Waals surface area contributed by atoms with E-state index in [2.05, 4.69) is 30.6 Å². The number of carbonyl (C=O) groups is 2. The molecule has 2 amide bonds. The molecule has 1 saturated heterocycles. The number of pyridine rings is 1. The van der Waals surface area contributed by atoms with Crippen LogP contribution in [0.4, 0.5) is 15.9 Å². The smallest absolute Gasteiger partial charge is 0.321 e. The lowest BCUT2D eigenvalue weighted by Crippen LogP contribution is -2.44. The average molecular weight is 532 g/mol. The molecule has 3 N–H and O–H groups in total. The van der Waals surface area contributed by atoms with Gasteiger partial charge in [0.05, 0.1) is 21.3 Å². The highest BCUT2D eigenvalue weighted by Gasteiger charge is 2.40. The number of hydrogen-bond donors (Lipinski definition) is 3. The molecule has 11 heteroatoms. The van der Waals surface area contributed by atoms with E-state index < -0.39 is 11.4 Å². The van der Waals surface area contributed by atoms with Crippen molar-refractivity contribution in [2.45, 2.75) is 33.1 Å². The highest BCUT2D eigenvalue weighted by Crippen LogP contribution is 2.39. The Labute approximate surface area is 224 Å². The summed E-state index contributed by atoms with van der Waals surface area (Å²) in [6.07, 6.45) is 7.08. The van der Waals surface area contributed by atoms with Gasteiger partial charge < -0.3 is 15.3 Å². The molecule has 0 atom stereocenters. The second-order valence-corrected chi connectivity index (χ2v) is 10.3. The first-order chi connectivity index (χ1) is 18.4.